The molecule has 5 aromatic rings. The molecular weight excluding hydrogens is 727 g/mol. The van der Waals surface area contributed by atoms with Crippen LogP contribution >= 0.6 is 22.9 Å². The molecule has 1 aromatic carbocycles. The van der Waals surface area contributed by atoms with Gasteiger partial charge in [0.25, 0.3) is 5.56 Å². The van der Waals surface area contributed by atoms with Crippen LogP contribution in [0.5, 0.6) is 0 Å². The number of thiophene rings is 1. The molecule has 0 radical (unpaired) electrons. The molecule has 1 N–H and O–H groups in total. The molecule has 4 aromatic heterocycles. The molecule has 4 aliphatic rings. The Bertz CT molecular complexity index is 2500. The van der Waals surface area contributed by atoms with Crippen LogP contribution in [0.15, 0.2) is 46.8 Å². The lowest BCUT2D eigenvalue weighted by Crippen LogP contribution is -2.79. The highest BCUT2D eigenvalue weighted by Crippen LogP contribution is 2.75. The fraction of sp³-hybridized carbons (Fsp3) is 0.368. The van der Waals surface area contributed by atoms with Gasteiger partial charge in [-0.25, -0.2) is 14.8 Å². The fourth-order valence-electron chi connectivity index (χ4n) is 8.50. The summed E-state index contributed by atoms with van der Waals surface area (Å²) in [5.41, 5.74) is 0.630. The van der Waals surface area contributed by atoms with E-state index in [0.717, 1.165) is 5.56 Å². The topological polar surface area (TPSA) is 128 Å². The van der Waals surface area contributed by atoms with Crippen LogP contribution in [-0.4, -0.2) is 73.4 Å². The normalized spacial score (nSPS) is 21.4. The minimum absolute atomic E-state index is 0.0150. The second-order valence-corrected chi connectivity index (χ2v) is 15.5. The molecule has 10 nitrogen and oxygen atoms in total. The Morgan fingerprint density at radius 2 is 1.91 bits per heavy atom. The second-order valence-electron chi connectivity index (χ2n) is 14.2. The van der Waals surface area contributed by atoms with Crippen molar-refractivity contribution in [1.82, 2.24) is 24.4 Å². The van der Waals surface area contributed by atoms with Crippen LogP contribution in [-0.2, 0) is 6.54 Å². The number of nitriles is 1. The third-order valence-corrected chi connectivity index (χ3v) is 12.6. The van der Waals surface area contributed by atoms with E-state index >= 15 is 0 Å². The number of piperidine rings is 1. The number of aromatic nitrogens is 4. The molecule has 3 aliphatic carbocycles. The summed E-state index contributed by atoms with van der Waals surface area (Å²) in [6.07, 6.45) is 0.817. The summed E-state index contributed by atoms with van der Waals surface area (Å²) in [7, 11) is 1.83. The van der Waals surface area contributed by atoms with Crippen LogP contribution in [0.25, 0.3) is 32.2 Å². The zero-order valence-corrected chi connectivity index (χ0v) is 30.2. The first kappa shape index (κ1) is 35.0. The third-order valence-electron chi connectivity index (χ3n) is 11.3. The van der Waals surface area contributed by atoms with Gasteiger partial charge in [-0.1, -0.05) is 23.4 Å². The van der Waals surface area contributed by atoms with Gasteiger partial charge in [0.15, 0.2) is 0 Å². The number of hydrogen-bond donors (Lipinski definition) is 1. The molecule has 5 heterocycles. The van der Waals surface area contributed by atoms with Crippen LogP contribution in [0, 0.1) is 35.5 Å². The maximum Gasteiger partial charge on any atom is 0.394 e. The van der Waals surface area contributed by atoms with Crippen LogP contribution in [0.1, 0.15) is 59.4 Å². The van der Waals surface area contributed by atoms with Crippen molar-refractivity contribution >= 4 is 55.8 Å². The Morgan fingerprint density at radius 3 is 2.58 bits per heavy atom. The molecular formula is C38H31ClF3N7O3S. The van der Waals surface area contributed by atoms with Gasteiger partial charge in [-0.15, -0.1) is 11.3 Å². The highest BCUT2D eigenvalue weighted by Gasteiger charge is 2.79. The lowest BCUT2D eigenvalue weighted by atomic mass is 9.38. The molecule has 4 fully saturated rings. The number of pyridine rings is 2. The van der Waals surface area contributed by atoms with Crippen LogP contribution < -0.4 is 10.5 Å². The number of aryl methyl sites for hydroxylation is 1. The summed E-state index contributed by atoms with van der Waals surface area (Å²) < 4.78 is 42.4. The van der Waals surface area contributed by atoms with Crippen molar-refractivity contribution < 1.29 is 23.1 Å². The van der Waals surface area contributed by atoms with Crippen molar-refractivity contribution in [3.05, 3.63) is 79.9 Å². The fourth-order valence-corrected chi connectivity index (χ4v) is 9.70. The van der Waals surface area contributed by atoms with Crippen molar-refractivity contribution in [3.8, 4) is 29.0 Å². The van der Waals surface area contributed by atoms with Gasteiger partial charge in [0.05, 0.1) is 44.8 Å². The number of anilines is 1. The molecule has 1 aliphatic heterocycles. The third kappa shape index (κ3) is 5.54. The van der Waals surface area contributed by atoms with Crippen LogP contribution in [0.2, 0.25) is 5.02 Å². The summed E-state index contributed by atoms with van der Waals surface area (Å²) in [4.78, 5) is 43.4. The Kier molecular flexibility index (Phi) is 8.29. The number of carboxylic acid groups (broad SMARTS) is 1. The standard InChI is InChI=1S/C38H31ClF3N7O3S/c1-21-46-29-16-45-33(47(2)24-8-12-48(13-9-24)37-18-36(19-37,20-37)38(40,41)42)27(15-43)30(29)34(50)49(21)11-3-4-22-5-6-23(39)14-26(22)25-7-10-44-31-28(35(51)52)17-53-32(25)31/h5-7,10,14,16-17,24H,8-9,11-13,18-20H2,1-2H3,(H,51,52). The first-order chi connectivity index (χ1) is 25.3. The van der Waals surface area contributed by atoms with E-state index in [1.807, 2.05) is 11.9 Å². The van der Waals surface area contributed by atoms with Gasteiger partial charge < -0.3 is 10.0 Å². The van der Waals surface area contributed by atoms with E-state index in [0.29, 0.717) is 69.5 Å². The average Bonchev–Trinajstić information content (AvgIpc) is 3.53. The highest BCUT2D eigenvalue weighted by atomic mass is 35.5. The van der Waals surface area contributed by atoms with Crippen molar-refractivity contribution in [2.24, 2.45) is 5.41 Å². The number of benzene rings is 1. The van der Waals surface area contributed by atoms with Gasteiger partial charge in [-0.2, -0.15) is 18.4 Å². The molecule has 15 heteroatoms. The van der Waals surface area contributed by atoms with Crippen molar-refractivity contribution in [1.29, 1.82) is 5.26 Å². The van der Waals surface area contributed by atoms with Crippen molar-refractivity contribution in [3.63, 3.8) is 0 Å². The first-order valence-electron chi connectivity index (χ1n) is 17.0. The Labute approximate surface area is 310 Å². The lowest BCUT2D eigenvalue weighted by Gasteiger charge is -2.74. The number of carbonyl (C=O) groups is 1. The minimum Gasteiger partial charge on any atom is -0.478 e. The van der Waals surface area contributed by atoms with E-state index in [-0.39, 0.29) is 53.9 Å². The molecule has 0 atom stereocenters. The predicted octanol–water partition coefficient (Wildman–Crippen LogP) is 7.04. The molecule has 2 bridgehead atoms. The zero-order chi connectivity index (χ0) is 37.4. The Balaban J connectivity index is 1.05. The van der Waals surface area contributed by atoms with E-state index in [1.54, 1.807) is 42.8 Å². The van der Waals surface area contributed by atoms with Crippen LogP contribution in [0.4, 0.5) is 19.0 Å². The Hall–Kier alpha value is -5.02. The molecule has 1 saturated heterocycles. The minimum atomic E-state index is -4.14. The number of likely N-dealkylation sites (tertiary alicyclic amines) is 1. The maximum atomic E-state index is 14.1. The number of fused-ring (bicyclic) bond motifs is 2. The molecule has 3 saturated carbocycles. The SMILES string of the molecule is Cc1nc2cnc(N(C)C3CCN(C45CC(C(F)(F)F)(C4)C5)CC3)c(C#N)c2c(=O)n1CC#Cc1ccc(Cl)cc1-c1ccnc2c(C(=O)O)csc12. The quantitative estimate of drug-likeness (QED) is 0.182. The van der Waals surface area contributed by atoms with Gasteiger partial charge in [0.1, 0.15) is 23.3 Å². The lowest BCUT2D eigenvalue weighted by molar-refractivity contribution is -0.363. The van der Waals surface area contributed by atoms with E-state index in [9.17, 15) is 33.1 Å². The first-order valence-corrected chi connectivity index (χ1v) is 18.2. The van der Waals surface area contributed by atoms with Gasteiger partial charge >= 0.3 is 12.1 Å². The summed E-state index contributed by atoms with van der Waals surface area (Å²) in [6.45, 7) is 2.96. The van der Waals surface area contributed by atoms with Gasteiger partial charge in [0.2, 0.25) is 0 Å². The summed E-state index contributed by atoms with van der Waals surface area (Å²) in [6, 6.07) is 9.17. The van der Waals surface area contributed by atoms with Crippen LogP contribution in [0.3, 0.4) is 0 Å². The Morgan fingerprint density at radius 1 is 1.17 bits per heavy atom. The maximum absolute atomic E-state index is 14.1. The molecule has 53 heavy (non-hydrogen) atoms. The average molecular weight is 758 g/mol. The number of nitrogens with zero attached hydrogens (tertiary/aromatic N) is 7. The van der Waals surface area contributed by atoms with Gasteiger partial charge in [-0.05, 0) is 63.3 Å². The summed E-state index contributed by atoms with van der Waals surface area (Å²) in [5, 5.41) is 22.1. The monoisotopic (exact) mass is 757 g/mol. The van der Waals surface area contributed by atoms with Crippen molar-refractivity contribution in [2.75, 3.05) is 25.0 Å². The predicted molar refractivity (Wildman–Crippen MR) is 195 cm³/mol. The number of rotatable bonds is 6. The number of hydrogen-bond acceptors (Lipinski definition) is 9. The van der Waals surface area contributed by atoms with E-state index in [2.05, 4.69) is 37.8 Å². The van der Waals surface area contributed by atoms with Gasteiger partial charge in [-0.3, -0.25) is 19.2 Å². The highest BCUT2D eigenvalue weighted by molar-refractivity contribution is 7.18. The van der Waals surface area contributed by atoms with E-state index in [1.165, 1.54) is 22.1 Å². The summed E-state index contributed by atoms with van der Waals surface area (Å²) >= 11 is 7.65. The molecule has 0 amide bonds. The number of aromatic carboxylic acids is 1. The number of alkyl halides is 3. The number of carboxylic acids is 1. The largest absolute Gasteiger partial charge is 0.478 e. The smallest absolute Gasteiger partial charge is 0.394 e. The molecule has 9 rings (SSSR count). The van der Waals surface area contributed by atoms with Gasteiger partial charge in [0, 0.05) is 65.0 Å². The molecule has 0 spiro atoms. The zero-order valence-electron chi connectivity index (χ0n) is 28.6. The number of halogens is 4. The summed E-state index contributed by atoms with van der Waals surface area (Å²) in [5.74, 6) is 5.90. The second kappa shape index (κ2) is 12.5. The molecule has 0 unspecified atom stereocenters. The molecule has 270 valence electrons. The van der Waals surface area contributed by atoms with E-state index in [4.69, 9.17) is 11.6 Å². The van der Waals surface area contributed by atoms with E-state index < -0.39 is 23.1 Å². The van der Waals surface area contributed by atoms with Crippen molar-refractivity contribution in [2.45, 2.75) is 63.3 Å².